The molecule has 5 rings (SSSR count). The van der Waals surface area contributed by atoms with Crippen molar-refractivity contribution in [1.82, 2.24) is 0 Å². The minimum absolute atomic E-state index is 0. The fourth-order valence-electron chi connectivity index (χ4n) is 2.85. The van der Waals surface area contributed by atoms with Gasteiger partial charge in [0.05, 0.1) is 9.52 Å². The van der Waals surface area contributed by atoms with Gasteiger partial charge in [-0.1, -0.05) is 72.8 Å². The van der Waals surface area contributed by atoms with Crippen LogP contribution in [0.25, 0.3) is 0 Å². The van der Waals surface area contributed by atoms with E-state index in [0.29, 0.717) is 5.41 Å². The van der Waals surface area contributed by atoms with Crippen molar-refractivity contribution >= 4 is 14.7 Å². The molecule has 0 saturated heterocycles. The van der Waals surface area contributed by atoms with Crippen LogP contribution < -0.4 is 5.19 Å². The first kappa shape index (κ1) is 28.3. The van der Waals surface area contributed by atoms with Crippen molar-refractivity contribution in [2.45, 2.75) is 13.8 Å². The predicted molar refractivity (Wildman–Crippen MR) is 141 cm³/mol. The van der Waals surface area contributed by atoms with Crippen LogP contribution in [0, 0.1) is 23.6 Å². The second-order valence-electron chi connectivity index (χ2n) is 7.67. The summed E-state index contributed by atoms with van der Waals surface area (Å²) in [4.78, 5) is 0. The van der Waals surface area contributed by atoms with Gasteiger partial charge in [-0.2, -0.15) is 109 Å². The molecule has 0 bridgehead atoms. The maximum absolute atomic E-state index is 2.89. The molecule has 0 atom stereocenters. The molecule has 33 heavy (non-hydrogen) atoms. The molecule has 0 fully saturated rings. The third-order valence-corrected chi connectivity index (χ3v) is 7.10. The summed E-state index contributed by atoms with van der Waals surface area (Å²) >= 11 is 0. The maximum Gasteiger partial charge on any atom is 0.0835 e. The van der Waals surface area contributed by atoms with Crippen molar-refractivity contribution in [2.75, 3.05) is 0 Å². The van der Waals surface area contributed by atoms with Gasteiger partial charge in [0.2, 0.25) is 0 Å². The van der Waals surface area contributed by atoms with Crippen molar-refractivity contribution in [3.8, 4) is 0 Å². The summed E-state index contributed by atoms with van der Waals surface area (Å²) in [5, 5.41) is 3.18. The van der Waals surface area contributed by atoms with E-state index in [4.69, 9.17) is 0 Å². The molecule has 0 aliphatic heterocycles. The van der Waals surface area contributed by atoms with Crippen LogP contribution >= 0.6 is 0 Å². The predicted octanol–water partition coefficient (Wildman–Crippen LogP) is 6.42. The van der Waals surface area contributed by atoms with E-state index in [1.165, 1.54) is 5.19 Å². The Hall–Kier alpha value is -2.73. The average Bonchev–Trinajstić information content (AvgIpc) is 3.21. The van der Waals surface area contributed by atoms with E-state index in [1.807, 2.05) is 91.0 Å². The molecular formula is C31H31PtSi-3. The van der Waals surface area contributed by atoms with E-state index in [9.17, 15) is 0 Å². The minimum atomic E-state index is -0.241. The first-order chi connectivity index (χ1) is 15.7. The molecule has 0 nitrogen and oxygen atoms in total. The van der Waals surface area contributed by atoms with Crippen LogP contribution in [0.2, 0.25) is 0 Å². The first-order valence-corrected chi connectivity index (χ1v) is 12.3. The molecule has 1 aliphatic rings. The summed E-state index contributed by atoms with van der Waals surface area (Å²) in [7, 11) is -0.241. The molecule has 0 unspecified atom stereocenters. The third kappa shape index (κ3) is 13.4. The zero-order valence-electron chi connectivity index (χ0n) is 19.3. The Bertz CT molecular complexity index is 841. The molecule has 0 saturated carbocycles. The maximum atomic E-state index is 2.89. The van der Waals surface area contributed by atoms with Gasteiger partial charge >= 0.3 is 0 Å². The van der Waals surface area contributed by atoms with E-state index >= 15 is 0 Å². The van der Waals surface area contributed by atoms with Gasteiger partial charge in [0.25, 0.3) is 0 Å². The summed E-state index contributed by atoms with van der Waals surface area (Å²) < 4.78 is 0. The van der Waals surface area contributed by atoms with Gasteiger partial charge in [0.15, 0.2) is 0 Å². The summed E-state index contributed by atoms with van der Waals surface area (Å²) in [5.74, 6) is 0. The van der Waals surface area contributed by atoms with Crippen LogP contribution in [0.15, 0.2) is 145 Å². The molecule has 4 aromatic carbocycles. The van der Waals surface area contributed by atoms with Crippen molar-refractivity contribution in [3.05, 3.63) is 163 Å². The second kappa shape index (κ2) is 17.8. The second-order valence-corrected chi connectivity index (χ2v) is 9.60. The molecule has 1 aliphatic carbocycles. The van der Waals surface area contributed by atoms with Gasteiger partial charge in [-0.3, -0.25) is 0 Å². The monoisotopic (exact) mass is 626 g/mol. The molecular weight excluding hydrogens is 596 g/mol. The zero-order chi connectivity index (χ0) is 22.7. The molecule has 172 valence electrons. The molecule has 0 amide bonds. The van der Waals surface area contributed by atoms with Gasteiger partial charge in [0, 0.05) is 26.5 Å². The molecule has 0 radical (unpaired) electrons. The largest absolute Gasteiger partial charge is 0.184 e. The van der Waals surface area contributed by atoms with E-state index in [2.05, 4.69) is 80.6 Å². The molecule has 4 aromatic rings. The number of benzene rings is 4. The average molecular weight is 627 g/mol. The van der Waals surface area contributed by atoms with Crippen LogP contribution in [0.4, 0.5) is 0 Å². The van der Waals surface area contributed by atoms with Crippen LogP contribution in [-0.2, 0) is 21.1 Å². The third-order valence-electron chi connectivity index (χ3n) is 4.70. The number of allylic oxidation sites excluding steroid dienone is 4. The molecule has 0 aromatic heterocycles. The molecule has 2 heteroatoms. The number of rotatable bonds is 2. The topological polar surface area (TPSA) is 0 Å². The van der Waals surface area contributed by atoms with Crippen molar-refractivity contribution in [1.29, 1.82) is 0 Å². The zero-order valence-corrected chi connectivity index (χ0v) is 23.0. The molecule has 0 heterocycles. The standard InChI is InChI=1S/C13H16Si.3C6H5.Pt/c1-13(2)10-6-9-12(13)14-11-7-4-3-5-8-11;3*1-2-4-6-5-3-1;/h3-10H,14H2,1-2H3;3*1-5H;/q;3*-1;. The molecule has 0 spiro atoms. The van der Waals surface area contributed by atoms with Crippen molar-refractivity contribution < 1.29 is 21.1 Å². The first-order valence-electron chi connectivity index (χ1n) is 10.8. The van der Waals surface area contributed by atoms with E-state index in [-0.39, 0.29) is 30.6 Å². The number of hydrogen-bond donors (Lipinski definition) is 0. The van der Waals surface area contributed by atoms with E-state index in [0.717, 1.165) is 0 Å². The van der Waals surface area contributed by atoms with Gasteiger partial charge < -0.3 is 0 Å². The van der Waals surface area contributed by atoms with Crippen molar-refractivity contribution in [3.63, 3.8) is 0 Å². The molecule has 0 N–H and O–H groups in total. The summed E-state index contributed by atoms with van der Waals surface area (Å²) in [6.45, 7) is 4.61. The van der Waals surface area contributed by atoms with Gasteiger partial charge in [0.1, 0.15) is 0 Å². The van der Waals surface area contributed by atoms with Crippen LogP contribution in [-0.4, -0.2) is 9.52 Å². The Balaban J connectivity index is 0.000000240. The Kier molecular flexibility index (Phi) is 15.2. The van der Waals surface area contributed by atoms with Crippen LogP contribution in [0.1, 0.15) is 13.8 Å². The SMILES string of the molecule is CC1(C)C=CC=C1[SiH2]c1ccccc1.[Pt].[c-]1ccccc1.[c-]1ccccc1.[c-]1ccccc1. The summed E-state index contributed by atoms with van der Waals surface area (Å²) in [6.07, 6.45) is 6.81. The quantitative estimate of drug-likeness (QED) is 0.178. The normalized spacial score (nSPS) is 12.5. The number of hydrogen-bond acceptors (Lipinski definition) is 0. The van der Waals surface area contributed by atoms with Crippen LogP contribution in [0.3, 0.4) is 0 Å². The Labute approximate surface area is 217 Å². The van der Waals surface area contributed by atoms with Gasteiger partial charge in [-0.15, -0.1) is 0 Å². The smallest absolute Gasteiger partial charge is 0.0835 e. The summed E-state index contributed by atoms with van der Waals surface area (Å²) in [5.41, 5.74) is 0.308. The Morgan fingerprint density at radius 3 is 1.24 bits per heavy atom. The van der Waals surface area contributed by atoms with Crippen LogP contribution in [0.5, 0.6) is 0 Å². The fourth-order valence-corrected chi connectivity index (χ4v) is 4.63. The van der Waals surface area contributed by atoms with Crippen molar-refractivity contribution in [2.24, 2.45) is 5.41 Å². The van der Waals surface area contributed by atoms with Gasteiger partial charge in [-0.25, -0.2) is 0 Å². The minimum Gasteiger partial charge on any atom is -0.184 e. The summed E-state index contributed by atoms with van der Waals surface area (Å²) in [6, 6.07) is 48.4. The van der Waals surface area contributed by atoms with Gasteiger partial charge in [-0.05, 0) is 0 Å². The fraction of sp³-hybridized carbons (Fsp3) is 0.0968. The van der Waals surface area contributed by atoms with E-state index < -0.39 is 0 Å². The Morgan fingerprint density at radius 1 is 0.576 bits per heavy atom. The Morgan fingerprint density at radius 2 is 0.970 bits per heavy atom. The van der Waals surface area contributed by atoms with E-state index in [1.54, 1.807) is 5.20 Å².